The first-order valence-corrected chi connectivity index (χ1v) is 6.13. The standard InChI is InChI=1S/C12H16N2O3S/c1-13-12(16)9-3-2-4-10(7-9)17-8-11(15)14-5-6-18/h2-4,7,18H,5-6,8H2,1H3,(H,13,16)(H,14,15). The molecule has 0 radical (unpaired) electrons. The van der Waals surface area contributed by atoms with Crippen LogP contribution in [0, 0.1) is 0 Å². The monoisotopic (exact) mass is 268 g/mol. The summed E-state index contributed by atoms with van der Waals surface area (Å²) in [6.07, 6.45) is 0. The number of rotatable bonds is 6. The summed E-state index contributed by atoms with van der Waals surface area (Å²) in [4.78, 5) is 22.7. The SMILES string of the molecule is CNC(=O)c1cccc(OCC(=O)NCCS)c1. The Morgan fingerprint density at radius 3 is 2.83 bits per heavy atom. The molecule has 0 aliphatic heterocycles. The molecule has 0 atom stereocenters. The fourth-order valence-electron chi connectivity index (χ4n) is 1.27. The Hall–Kier alpha value is -1.69. The molecule has 2 N–H and O–H groups in total. The van der Waals surface area contributed by atoms with Crippen molar-refractivity contribution in [1.82, 2.24) is 10.6 Å². The number of ether oxygens (including phenoxy) is 1. The zero-order valence-electron chi connectivity index (χ0n) is 10.1. The van der Waals surface area contributed by atoms with Crippen LogP contribution in [-0.4, -0.2) is 37.8 Å². The van der Waals surface area contributed by atoms with E-state index < -0.39 is 0 Å². The van der Waals surface area contributed by atoms with Crippen molar-refractivity contribution in [3.63, 3.8) is 0 Å². The van der Waals surface area contributed by atoms with E-state index in [1.54, 1.807) is 31.3 Å². The predicted octanol–water partition coefficient (Wildman–Crippen LogP) is 0.471. The van der Waals surface area contributed by atoms with E-state index in [1.807, 2.05) is 0 Å². The zero-order chi connectivity index (χ0) is 13.4. The topological polar surface area (TPSA) is 67.4 Å². The molecule has 0 heterocycles. The minimum absolute atomic E-state index is 0.0784. The van der Waals surface area contributed by atoms with E-state index in [0.717, 1.165) is 0 Å². The van der Waals surface area contributed by atoms with Crippen molar-refractivity contribution in [2.24, 2.45) is 0 Å². The van der Waals surface area contributed by atoms with Crippen LogP contribution in [0.2, 0.25) is 0 Å². The number of amides is 2. The fraction of sp³-hybridized carbons (Fsp3) is 0.333. The van der Waals surface area contributed by atoms with Gasteiger partial charge in [0.2, 0.25) is 0 Å². The summed E-state index contributed by atoms with van der Waals surface area (Å²) in [7, 11) is 1.56. The summed E-state index contributed by atoms with van der Waals surface area (Å²) in [6, 6.07) is 6.65. The molecule has 0 bridgehead atoms. The van der Waals surface area contributed by atoms with Crippen molar-refractivity contribution >= 4 is 24.4 Å². The summed E-state index contributed by atoms with van der Waals surface area (Å²) in [6.45, 7) is 0.425. The largest absolute Gasteiger partial charge is 0.484 e. The van der Waals surface area contributed by atoms with E-state index in [-0.39, 0.29) is 18.4 Å². The van der Waals surface area contributed by atoms with E-state index in [1.165, 1.54) is 0 Å². The van der Waals surface area contributed by atoms with Crippen LogP contribution >= 0.6 is 12.6 Å². The van der Waals surface area contributed by atoms with Gasteiger partial charge >= 0.3 is 0 Å². The van der Waals surface area contributed by atoms with Gasteiger partial charge in [-0.3, -0.25) is 9.59 Å². The lowest BCUT2D eigenvalue weighted by Gasteiger charge is -2.07. The van der Waals surface area contributed by atoms with Crippen LogP contribution < -0.4 is 15.4 Å². The normalized spacial score (nSPS) is 9.67. The van der Waals surface area contributed by atoms with E-state index in [9.17, 15) is 9.59 Å². The Labute approximate surface area is 111 Å². The summed E-state index contributed by atoms with van der Waals surface area (Å²) in [5.41, 5.74) is 0.491. The molecule has 2 amide bonds. The second-order valence-corrected chi connectivity index (χ2v) is 3.92. The molecule has 18 heavy (non-hydrogen) atoms. The number of benzene rings is 1. The van der Waals surface area contributed by atoms with Gasteiger partial charge in [-0.05, 0) is 18.2 Å². The molecule has 5 nitrogen and oxygen atoms in total. The van der Waals surface area contributed by atoms with E-state index in [0.29, 0.717) is 23.6 Å². The summed E-state index contributed by atoms with van der Waals surface area (Å²) >= 11 is 3.98. The van der Waals surface area contributed by atoms with Crippen LogP contribution in [0.3, 0.4) is 0 Å². The minimum Gasteiger partial charge on any atom is -0.484 e. The van der Waals surface area contributed by atoms with Crippen LogP contribution in [0.5, 0.6) is 5.75 Å². The minimum atomic E-state index is -0.214. The summed E-state index contributed by atoms with van der Waals surface area (Å²) in [5.74, 6) is 0.657. The molecular weight excluding hydrogens is 252 g/mol. The maximum atomic E-state index is 11.4. The van der Waals surface area contributed by atoms with Gasteiger partial charge in [-0.1, -0.05) is 6.07 Å². The molecule has 0 fully saturated rings. The molecule has 1 rings (SSSR count). The number of carbonyl (C=O) groups is 2. The van der Waals surface area contributed by atoms with Crippen LogP contribution in [-0.2, 0) is 4.79 Å². The third-order valence-corrected chi connectivity index (χ3v) is 2.35. The first kappa shape index (κ1) is 14.4. The van der Waals surface area contributed by atoms with Gasteiger partial charge in [-0.15, -0.1) is 0 Å². The molecule has 0 unspecified atom stereocenters. The van der Waals surface area contributed by atoms with Crippen molar-refractivity contribution < 1.29 is 14.3 Å². The van der Waals surface area contributed by atoms with E-state index in [4.69, 9.17) is 4.74 Å². The summed E-state index contributed by atoms with van der Waals surface area (Å²) in [5, 5.41) is 5.15. The highest BCUT2D eigenvalue weighted by Crippen LogP contribution is 2.12. The Bertz CT molecular complexity index is 424. The Balaban J connectivity index is 2.52. The molecule has 0 spiro atoms. The van der Waals surface area contributed by atoms with E-state index in [2.05, 4.69) is 23.3 Å². The van der Waals surface area contributed by atoms with Gasteiger partial charge in [0.15, 0.2) is 6.61 Å². The van der Waals surface area contributed by atoms with Gasteiger partial charge in [-0.2, -0.15) is 12.6 Å². The first-order chi connectivity index (χ1) is 8.67. The number of nitrogens with one attached hydrogen (secondary N) is 2. The Kier molecular flexibility index (Phi) is 6.07. The highest BCUT2D eigenvalue weighted by Gasteiger charge is 2.05. The van der Waals surface area contributed by atoms with Gasteiger partial charge in [0, 0.05) is 24.9 Å². The van der Waals surface area contributed by atoms with Crippen LogP contribution in [0.1, 0.15) is 10.4 Å². The fourth-order valence-corrected chi connectivity index (χ4v) is 1.38. The quantitative estimate of drug-likeness (QED) is 0.657. The molecule has 0 saturated heterocycles. The van der Waals surface area contributed by atoms with Gasteiger partial charge < -0.3 is 15.4 Å². The molecule has 98 valence electrons. The van der Waals surface area contributed by atoms with Gasteiger partial charge in [0.05, 0.1) is 0 Å². The molecular formula is C12H16N2O3S. The first-order valence-electron chi connectivity index (χ1n) is 5.50. The molecule has 0 aliphatic rings. The van der Waals surface area contributed by atoms with Crippen molar-refractivity contribution in [1.29, 1.82) is 0 Å². The Morgan fingerprint density at radius 2 is 2.17 bits per heavy atom. The number of hydrogen-bond donors (Lipinski definition) is 3. The zero-order valence-corrected chi connectivity index (χ0v) is 11.0. The highest BCUT2D eigenvalue weighted by molar-refractivity contribution is 7.80. The van der Waals surface area contributed by atoms with Crippen molar-refractivity contribution in [2.45, 2.75) is 0 Å². The lowest BCUT2D eigenvalue weighted by molar-refractivity contribution is -0.122. The third-order valence-electron chi connectivity index (χ3n) is 2.13. The third kappa shape index (κ3) is 4.67. The maximum absolute atomic E-state index is 11.4. The predicted molar refractivity (Wildman–Crippen MR) is 72.2 cm³/mol. The average molecular weight is 268 g/mol. The molecule has 0 aromatic heterocycles. The van der Waals surface area contributed by atoms with Crippen LogP contribution in [0.4, 0.5) is 0 Å². The van der Waals surface area contributed by atoms with Crippen LogP contribution in [0.25, 0.3) is 0 Å². The smallest absolute Gasteiger partial charge is 0.257 e. The number of thiol groups is 1. The number of carbonyl (C=O) groups excluding carboxylic acids is 2. The van der Waals surface area contributed by atoms with Gasteiger partial charge in [0.25, 0.3) is 11.8 Å². The van der Waals surface area contributed by atoms with Gasteiger partial charge in [0.1, 0.15) is 5.75 Å². The maximum Gasteiger partial charge on any atom is 0.257 e. The second kappa shape index (κ2) is 7.60. The molecule has 6 heteroatoms. The van der Waals surface area contributed by atoms with E-state index >= 15 is 0 Å². The second-order valence-electron chi connectivity index (χ2n) is 3.47. The van der Waals surface area contributed by atoms with Crippen LogP contribution in [0.15, 0.2) is 24.3 Å². The molecule has 0 aliphatic carbocycles. The Morgan fingerprint density at radius 1 is 1.39 bits per heavy atom. The lowest BCUT2D eigenvalue weighted by atomic mass is 10.2. The molecule has 1 aromatic rings. The highest BCUT2D eigenvalue weighted by atomic mass is 32.1. The average Bonchev–Trinajstić information content (AvgIpc) is 2.42. The van der Waals surface area contributed by atoms with Crippen molar-refractivity contribution in [2.75, 3.05) is 26.0 Å². The van der Waals surface area contributed by atoms with Gasteiger partial charge in [-0.25, -0.2) is 0 Å². The molecule has 1 aromatic carbocycles. The van der Waals surface area contributed by atoms with Crippen molar-refractivity contribution in [3.05, 3.63) is 29.8 Å². The number of hydrogen-bond acceptors (Lipinski definition) is 4. The summed E-state index contributed by atoms with van der Waals surface area (Å²) < 4.78 is 5.28. The van der Waals surface area contributed by atoms with Crippen molar-refractivity contribution in [3.8, 4) is 5.75 Å². The molecule has 0 saturated carbocycles. The lowest BCUT2D eigenvalue weighted by Crippen LogP contribution is -2.30.